The summed E-state index contributed by atoms with van der Waals surface area (Å²) >= 11 is 1.61. The van der Waals surface area contributed by atoms with E-state index in [-0.39, 0.29) is 12.0 Å². The van der Waals surface area contributed by atoms with Crippen LogP contribution < -0.4 is 0 Å². The van der Waals surface area contributed by atoms with Crippen molar-refractivity contribution >= 4 is 11.3 Å². The molecule has 6 heteroatoms. The average Bonchev–Trinajstić information content (AvgIpc) is 2.74. The normalized spacial score (nSPS) is 11.3. The number of rotatable bonds is 5. The summed E-state index contributed by atoms with van der Waals surface area (Å²) in [6.07, 6.45) is 0.589. The standard InChI is InChI=1S/C14H18N2O3S/c1-9-5-4-6-12(10(9)2)14-15-11(3)13(20-14)7-8-19-16(17)18/h4-6,17-18H,7-8H2,1-3H3. The Bertz CT molecular complexity index is 596. The van der Waals surface area contributed by atoms with E-state index in [9.17, 15) is 0 Å². The summed E-state index contributed by atoms with van der Waals surface area (Å²) in [7, 11) is 0. The highest BCUT2D eigenvalue weighted by molar-refractivity contribution is 7.15. The monoisotopic (exact) mass is 294 g/mol. The van der Waals surface area contributed by atoms with Crippen LogP contribution in [0.2, 0.25) is 0 Å². The third-order valence-electron chi connectivity index (χ3n) is 3.26. The Hall–Kier alpha value is -1.31. The highest BCUT2D eigenvalue weighted by atomic mass is 32.1. The molecule has 0 bridgehead atoms. The first kappa shape index (κ1) is 15.1. The molecule has 1 heterocycles. The van der Waals surface area contributed by atoms with Crippen LogP contribution >= 0.6 is 11.3 Å². The van der Waals surface area contributed by atoms with Gasteiger partial charge in [-0.3, -0.25) is 15.3 Å². The molecule has 0 aliphatic heterocycles. The third kappa shape index (κ3) is 3.41. The highest BCUT2D eigenvalue weighted by Gasteiger charge is 2.12. The Balaban J connectivity index is 2.20. The fourth-order valence-corrected chi connectivity index (χ4v) is 3.10. The van der Waals surface area contributed by atoms with Gasteiger partial charge in [0, 0.05) is 16.9 Å². The summed E-state index contributed by atoms with van der Waals surface area (Å²) in [5.41, 5.74) is 4.59. The van der Waals surface area contributed by atoms with Crippen LogP contribution in [0.3, 0.4) is 0 Å². The van der Waals surface area contributed by atoms with Crippen LogP contribution in [-0.2, 0) is 11.3 Å². The largest absolute Gasteiger partial charge is 0.266 e. The predicted octanol–water partition coefficient (Wildman–Crippen LogP) is 3.29. The Morgan fingerprint density at radius 1 is 1.25 bits per heavy atom. The zero-order valence-corrected chi connectivity index (χ0v) is 12.6. The molecule has 0 aliphatic rings. The molecule has 2 aromatic rings. The number of hydrogen-bond donors (Lipinski definition) is 2. The van der Waals surface area contributed by atoms with E-state index < -0.39 is 0 Å². The molecule has 0 aliphatic carbocycles. The van der Waals surface area contributed by atoms with Gasteiger partial charge < -0.3 is 0 Å². The lowest BCUT2D eigenvalue weighted by Gasteiger charge is -2.05. The molecule has 0 saturated carbocycles. The van der Waals surface area contributed by atoms with E-state index in [2.05, 4.69) is 35.8 Å². The molecule has 20 heavy (non-hydrogen) atoms. The molecular weight excluding hydrogens is 276 g/mol. The SMILES string of the molecule is Cc1cccc(-c2nc(C)c(CCON(O)O)s2)c1C. The van der Waals surface area contributed by atoms with E-state index in [0.717, 1.165) is 21.1 Å². The summed E-state index contributed by atoms with van der Waals surface area (Å²) in [5.74, 6) is 0. The summed E-state index contributed by atoms with van der Waals surface area (Å²) in [6, 6.07) is 6.20. The van der Waals surface area contributed by atoms with Gasteiger partial charge in [-0.2, -0.15) is 0 Å². The Labute approximate surface area is 121 Å². The molecular formula is C14H18N2O3S. The van der Waals surface area contributed by atoms with Crippen molar-refractivity contribution < 1.29 is 15.3 Å². The molecule has 0 fully saturated rings. The van der Waals surface area contributed by atoms with E-state index in [1.807, 2.05) is 13.0 Å². The van der Waals surface area contributed by atoms with Gasteiger partial charge >= 0.3 is 0 Å². The molecule has 0 radical (unpaired) electrons. The quantitative estimate of drug-likeness (QED) is 0.828. The van der Waals surface area contributed by atoms with E-state index in [4.69, 9.17) is 10.4 Å². The number of nitrogens with zero attached hydrogens (tertiary/aromatic N) is 2. The van der Waals surface area contributed by atoms with Crippen LogP contribution in [0.15, 0.2) is 18.2 Å². The van der Waals surface area contributed by atoms with Gasteiger partial charge in [-0.05, 0) is 31.9 Å². The van der Waals surface area contributed by atoms with E-state index in [1.165, 1.54) is 11.1 Å². The number of benzene rings is 1. The Morgan fingerprint density at radius 2 is 2.00 bits per heavy atom. The van der Waals surface area contributed by atoms with Gasteiger partial charge in [-0.25, -0.2) is 4.98 Å². The van der Waals surface area contributed by atoms with E-state index >= 15 is 0 Å². The number of hydrogen-bond acceptors (Lipinski definition) is 6. The first-order chi connectivity index (χ1) is 9.49. The lowest BCUT2D eigenvalue weighted by Crippen LogP contribution is -2.16. The molecule has 1 aromatic carbocycles. The second-order valence-corrected chi connectivity index (χ2v) is 5.69. The molecule has 0 amide bonds. The minimum Gasteiger partial charge on any atom is -0.266 e. The minimum absolute atomic E-state index is 0.197. The van der Waals surface area contributed by atoms with Crippen molar-refractivity contribution in [1.82, 2.24) is 10.4 Å². The lowest BCUT2D eigenvalue weighted by atomic mass is 10.0. The van der Waals surface area contributed by atoms with Gasteiger partial charge in [-0.1, -0.05) is 18.2 Å². The maximum atomic E-state index is 8.50. The Morgan fingerprint density at radius 3 is 2.70 bits per heavy atom. The molecule has 2 N–H and O–H groups in total. The van der Waals surface area contributed by atoms with Crippen LogP contribution in [0.1, 0.15) is 21.7 Å². The topological polar surface area (TPSA) is 65.8 Å². The molecule has 0 saturated heterocycles. The van der Waals surface area contributed by atoms with Crippen molar-refractivity contribution in [3.05, 3.63) is 39.9 Å². The van der Waals surface area contributed by atoms with Gasteiger partial charge in [-0.15, -0.1) is 11.3 Å². The van der Waals surface area contributed by atoms with Gasteiger partial charge in [0.2, 0.25) is 0 Å². The van der Waals surface area contributed by atoms with Crippen molar-refractivity contribution in [1.29, 1.82) is 0 Å². The fraction of sp³-hybridized carbons (Fsp3) is 0.357. The average molecular weight is 294 g/mol. The van der Waals surface area contributed by atoms with E-state index in [1.54, 1.807) is 11.3 Å². The smallest absolute Gasteiger partial charge is 0.124 e. The summed E-state index contributed by atoms with van der Waals surface area (Å²) in [5, 5.41) is 17.7. The molecule has 0 unspecified atom stereocenters. The van der Waals surface area contributed by atoms with Crippen LogP contribution in [0.25, 0.3) is 10.6 Å². The van der Waals surface area contributed by atoms with Crippen molar-refractivity contribution in [3.8, 4) is 10.6 Å². The maximum absolute atomic E-state index is 8.50. The second-order valence-electron chi connectivity index (χ2n) is 4.61. The van der Waals surface area contributed by atoms with Crippen LogP contribution in [-0.4, -0.2) is 27.4 Å². The van der Waals surface area contributed by atoms with Crippen LogP contribution in [0, 0.1) is 20.8 Å². The van der Waals surface area contributed by atoms with Gasteiger partial charge in [0.1, 0.15) is 5.01 Å². The second kappa shape index (κ2) is 6.43. The van der Waals surface area contributed by atoms with Gasteiger partial charge in [0.25, 0.3) is 0 Å². The fourth-order valence-electron chi connectivity index (χ4n) is 1.98. The molecule has 108 valence electrons. The summed E-state index contributed by atoms with van der Waals surface area (Å²) in [4.78, 5) is 10.3. The summed E-state index contributed by atoms with van der Waals surface area (Å²) < 4.78 is 0. The number of aryl methyl sites for hydroxylation is 2. The maximum Gasteiger partial charge on any atom is 0.124 e. The number of aromatic nitrogens is 1. The first-order valence-corrected chi connectivity index (χ1v) is 7.14. The molecule has 0 spiro atoms. The molecule has 0 atom stereocenters. The highest BCUT2D eigenvalue weighted by Crippen LogP contribution is 2.31. The molecule has 2 rings (SSSR count). The minimum atomic E-state index is -0.262. The first-order valence-electron chi connectivity index (χ1n) is 6.32. The third-order valence-corrected chi connectivity index (χ3v) is 4.51. The van der Waals surface area contributed by atoms with E-state index in [0.29, 0.717) is 6.42 Å². The van der Waals surface area contributed by atoms with Crippen molar-refractivity contribution in [3.63, 3.8) is 0 Å². The Kier molecular flexibility index (Phi) is 4.85. The van der Waals surface area contributed by atoms with Crippen LogP contribution in [0.5, 0.6) is 0 Å². The van der Waals surface area contributed by atoms with Crippen molar-refractivity contribution in [2.75, 3.05) is 6.61 Å². The van der Waals surface area contributed by atoms with Crippen LogP contribution in [0.4, 0.5) is 0 Å². The number of thiazole rings is 1. The lowest BCUT2D eigenvalue weighted by molar-refractivity contribution is -0.492. The molecule has 5 nitrogen and oxygen atoms in total. The van der Waals surface area contributed by atoms with Gasteiger partial charge in [0.05, 0.1) is 17.7 Å². The van der Waals surface area contributed by atoms with Gasteiger partial charge in [0.15, 0.2) is 0 Å². The van der Waals surface area contributed by atoms with Crippen molar-refractivity contribution in [2.45, 2.75) is 27.2 Å². The molecule has 1 aromatic heterocycles. The zero-order chi connectivity index (χ0) is 14.7. The van der Waals surface area contributed by atoms with Crippen molar-refractivity contribution in [2.24, 2.45) is 0 Å². The zero-order valence-electron chi connectivity index (χ0n) is 11.8. The summed E-state index contributed by atoms with van der Waals surface area (Å²) in [6.45, 7) is 6.34. The predicted molar refractivity (Wildman–Crippen MR) is 76.8 cm³/mol.